The lowest BCUT2D eigenvalue weighted by atomic mass is 9.35. The van der Waals surface area contributed by atoms with Crippen LogP contribution in [0.3, 0.4) is 0 Å². The Bertz CT molecular complexity index is 4110. The molecule has 2 nitrogen and oxygen atoms in total. The Morgan fingerprint density at radius 3 is 1.42 bits per heavy atom. The van der Waals surface area contributed by atoms with E-state index in [4.69, 9.17) is 0 Å². The summed E-state index contributed by atoms with van der Waals surface area (Å²) in [4.78, 5) is 5.74. The van der Waals surface area contributed by atoms with Crippen molar-refractivity contribution in [3.05, 3.63) is 171 Å². The number of hydrogen-bond acceptors (Lipinski definition) is 3. The van der Waals surface area contributed by atoms with Crippen molar-refractivity contribution in [2.24, 2.45) is 5.92 Å². The van der Waals surface area contributed by atoms with E-state index in [-0.39, 0.29) is 48.0 Å². The molecule has 1 aromatic heterocycles. The molecule has 0 amide bonds. The molecule has 1 saturated carbocycles. The standard InChI is InChI=1S/C79H88BIN2S/c1-46-49-27-28-79(16,45-49)55-39-54-68(40-51(46)55)84-71-70(54)83(64-43-60-57(73(4,5)30-33-76(60,10)11)38-53(64)48-25-21-18-22-26-48)67-36-50(78(14,15)81)35-66-69(67)80(71)62-41-58-61(77(12,13)34-31-74(58,6)7)44-65(62)82(66)63-42-59-56(72(2,3)29-32-75(59,8)9)37-52(63)47-23-19-17-20-24-47/h17-26,35-44,46,49H,27-34,45H2,1-16H3. The molecule has 3 atom stereocenters. The summed E-state index contributed by atoms with van der Waals surface area (Å²) < 4.78 is 2.73. The molecule has 0 spiro atoms. The average Bonchev–Trinajstić information content (AvgIpc) is 1.30. The molecule has 84 heavy (non-hydrogen) atoms. The van der Waals surface area contributed by atoms with Crippen molar-refractivity contribution in [3.63, 3.8) is 0 Å². The first-order valence-corrected chi connectivity index (χ1v) is 34.1. The fraction of sp³-hybridized carbons (Fsp3) is 0.443. The van der Waals surface area contributed by atoms with Gasteiger partial charge in [0.15, 0.2) is 0 Å². The average molecular weight is 1240 g/mol. The van der Waals surface area contributed by atoms with Gasteiger partial charge in [0, 0.05) is 46.5 Å². The monoisotopic (exact) mass is 1230 g/mol. The van der Waals surface area contributed by atoms with Gasteiger partial charge >= 0.3 is 0 Å². The molecule has 3 unspecified atom stereocenters. The Morgan fingerprint density at radius 1 is 0.488 bits per heavy atom. The van der Waals surface area contributed by atoms with Crippen LogP contribution in [0.2, 0.25) is 0 Å². The fourth-order valence-electron chi connectivity index (χ4n) is 17.8. The van der Waals surface area contributed by atoms with E-state index in [1.54, 1.807) is 11.1 Å². The topological polar surface area (TPSA) is 6.48 Å². The van der Waals surface area contributed by atoms with Crippen LogP contribution in [-0.4, -0.2) is 6.71 Å². The van der Waals surface area contributed by atoms with Crippen LogP contribution in [0.25, 0.3) is 32.3 Å². The van der Waals surface area contributed by atoms with Gasteiger partial charge in [-0.05, 0) is 248 Å². The molecule has 0 N–H and O–H groups in total. The van der Waals surface area contributed by atoms with Gasteiger partial charge in [-0.2, -0.15) is 0 Å². The van der Waals surface area contributed by atoms with Crippen molar-refractivity contribution in [3.8, 4) is 22.3 Å². The summed E-state index contributed by atoms with van der Waals surface area (Å²) in [5.41, 5.74) is 30.0. The SMILES string of the molecule is CC1c2cc3sc4c(c3cc2C2(C)CCC1C2)N(c1cc2c(cc1-c1ccccc1)C(C)(C)CCC2(C)C)c1cc(C(C)(C)I)cc2c1B4c1cc3c(cc1N2c1cc2c(cc1-c1ccccc1)C(C)(C)CCC2(C)C)C(C)(C)CCC3(C)C. The lowest BCUT2D eigenvalue weighted by molar-refractivity contribution is 0.332. The Labute approximate surface area is 521 Å². The Hall–Kier alpha value is -5.11. The van der Waals surface area contributed by atoms with Gasteiger partial charge in [0.05, 0.1) is 17.1 Å². The summed E-state index contributed by atoms with van der Waals surface area (Å²) in [6.07, 6.45) is 10.9. The Kier molecular flexibility index (Phi) is 11.9. The molecule has 2 aliphatic heterocycles. The van der Waals surface area contributed by atoms with Crippen molar-refractivity contribution in [1.29, 1.82) is 0 Å². The van der Waals surface area contributed by atoms with Crippen molar-refractivity contribution >= 4 is 101 Å². The second-order valence-electron chi connectivity index (χ2n) is 32.4. The zero-order valence-electron chi connectivity index (χ0n) is 53.3. The van der Waals surface area contributed by atoms with Crippen LogP contribution in [-0.2, 0) is 41.3 Å². The minimum Gasteiger partial charge on any atom is -0.311 e. The minimum absolute atomic E-state index is 0.000970. The van der Waals surface area contributed by atoms with Gasteiger partial charge in [0.2, 0.25) is 0 Å². The molecule has 0 saturated heterocycles. The van der Waals surface area contributed by atoms with Gasteiger partial charge in [-0.15, -0.1) is 11.3 Å². The van der Waals surface area contributed by atoms with Crippen molar-refractivity contribution < 1.29 is 0 Å². The number of alkyl halides is 1. The summed E-state index contributed by atoms with van der Waals surface area (Å²) in [7, 11) is 0. The maximum absolute atomic E-state index is 2.89. The molecule has 2 bridgehead atoms. The van der Waals surface area contributed by atoms with E-state index in [2.05, 4.69) is 276 Å². The van der Waals surface area contributed by atoms with E-state index >= 15 is 0 Å². The van der Waals surface area contributed by atoms with Crippen molar-refractivity contribution in [1.82, 2.24) is 0 Å². The predicted octanol–water partition coefficient (Wildman–Crippen LogP) is 21.2. The van der Waals surface area contributed by atoms with Crippen LogP contribution in [0.1, 0.15) is 225 Å². The number of rotatable bonds is 5. The molecule has 7 aliphatic rings. The molecule has 5 aliphatic carbocycles. The first kappa shape index (κ1) is 55.5. The Morgan fingerprint density at radius 2 is 0.929 bits per heavy atom. The molecule has 0 radical (unpaired) electrons. The third-order valence-electron chi connectivity index (χ3n) is 23.7. The van der Waals surface area contributed by atoms with E-state index < -0.39 is 0 Å². The zero-order valence-corrected chi connectivity index (χ0v) is 56.3. The van der Waals surface area contributed by atoms with Gasteiger partial charge in [0.1, 0.15) is 0 Å². The molecule has 1 fully saturated rings. The molecule has 430 valence electrons. The van der Waals surface area contributed by atoms with Crippen LogP contribution in [0.15, 0.2) is 121 Å². The minimum atomic E-state index is -0.202. The second kappa shape index (κ2) is 18.0. The van der Waals surface area contributed by atoms with E-state index in [1.165, 1.54) is 160 Å². The maximum Gasteiger partial charge on any atom is 0.264 e. The normalized spacial score (nSPS) is 23.9. The van der Waals surface area contributed by atoms with Crippen molar-refractivity contribution in [2.45, 2.75) is 216 Å². The fourth-order valence-corrected chi connectivity index (χ4v) is 19.5. The highest BCUT2D eigenvalue weighted by molar-refractivity contribution is 14.1. The van der Waals surface area contributed by atoms with E-state index in [9.17, 15) is 0 Å². The van der Waals surface area contributed by atoms with E-state index in [0.717, 1.165) is 25.2 Å². The van der Waals surface area contributed by atoms with Gasteiger partial charge in [0.25, 0.3) is 6.71 Å². The first-order valence-electron chi connectivity index (χ1n) is 32.2. The molecular formula is C79H88BIN2S. The van der Waals surface area contributed by atoms with Gasteiger partial charge in [-0.1, -0.05) is 186 Å². The van der Waals surface area contributed by atoms with Gasteiger partial charge < -0.3 is 9.80 Å². The number of fused-ring (bicyclic) bond motifs is 13. The highest BCUT2D eigenvalue weighted by Gasteiger charge is 2.52. The number of thiophene rings is 1. The molecule has 15 rings (SSSR count). The Balaban J connectivity index is 1.14. The van der Waals surface area contributed by atoms with Crippen LogP contribution < -0.4 is 25.5 Å². The zero-order chi connectivity index (χ0) is 59.0. The number of hydrogen-bond donors (Lipinski definition) is 0. The third kappa shape index (κ3) is 8.03. The van der Waals surface area contributed by atoms with Crippen molar-refractivity contribution in [2.75, 3.05) is 9.80 Å². The number of halogens is 1. The van der Waals surface area contributed by atoms with Crippen LogP contribution >= 0.6 is 33.9 Å². The lowest BCUT2D eigenvalue weighted by Crippen LogP contribution is -2.61. The quantitative estimate of drug-likeness (QED) is 0.0963. The molecule has 3 heterocycles. The molecular weight excluding hydrogens is 1150 g/mol. The summed E-state index contributed by atoms with van der Waals surface area (Å²) in [6.45, 7) is 40.3. The smallest absolute Gasteiger partial charge is 0.264 e. The van der Waals surface area contributed by atoms with Crippen LogP contribution in [0.4, 0.5) is 34.1 Å². The summed E-state index contributed by atoms with van der Waals surface area (Å²) in [6, 6.07) is 50.1. The molecule has 8 aromatic rings. The summed E-state index contributed by atoms with van der Waals surface area (Å²) >= 11 is 4.90. The number of anilines is 6. The van der Waals surface area contributed by atoms with E-state index in [0.29, 0.717) is 5.92 Å². The van der Waals surface area contributed by atoms with Crippen LogP contribution in [0.5, 0.6) is 0 Å². The third-order valence-corrected chi connectivity index (χ3v) is 25.5. The summed E-state index contributed by atoms with van der Waals surface area (Å²) in [5, 5.41) is 1.43. The van der Waals surface area contributed by atoms with Gasteiger partial charge in [-0.3, -0.25) is 0 Å². The van der Waals surface area contributed by atoms with Gasteiger partial charge in [-0.25, -0.2) is 0 Å². The molecule has 7 aromatic carbocycles. The van der Waals surface area contributed by atoms with Crippen LogP contribution in [0, 0.1) is 5.92 Å². The number of nitrogens with zero attached hydrogens (tertiary/aromatic N) is 2. The maximum atomic E-state index is 2.89. The number of benzene rings is 7. The summed E-state index contributed by atoms with van der Waals surface area (Å²) in [5.74, 6) is 1.30. The highest BCUT2D eigenvalue weighted by atomic mass is 127. The predicted molar refractivity (Wildman–Crippen MR) is 373 cm³/mol. The largest absolute Gasteiger partial charge is 0.311 e. The lowest BCUT2D eigenvalue weighted by Gasteiger charge is -2.48. The second-order valence-corrected chi connectivity index (χ2v) is 36.2. The highest BCUT2D eigenvalue weighted by Crippen LogP contribution is 2.61. The first-order chi connectivity index (χ1) is 39.5. The molecule has 5 heteroatoms. The van der Waals surface area contributed by atoms with E-state index in [1.807, 2.05) is 0 Å².